The van der Waals surface area contributed by atoms with Gasteiger partial charge in [0.2, 0.25) is 5.91 Å². The van der Waals surface area contributed by atoms with E-state index in [4.69, 9.17) is 9.57 Å². The Kier molecular flexibility index (Phi) is 4.79. The van der Waals surface area contributed by atoms with Crippen molar-refractivity contribution in [2.75, 3.05) is 20.8 Å². The summed E-state index contributed by atoms with van der Waals surface area (Å²) < 4.78 is 5.42. The number of carbonyl (C=O) groups is 1. The average Bonchev–Trinajstić information content (AvgIpc) is 2.30. The number of carbonyl (C=O) groups excluding carboxylic acids is 1. The summed E-state index contributed by atoms with van der Waals surface area (Å²) in [7, 11) is 3.03. The van der Waals surface area contributed by atoms with Crippen molar-refractivity contribution < 1.29 is 14.4 Å². The minimum Gasteiger partial charge on any atom is -0.493 e. The zero-order valence-corrected chi connectivity index (χ0v) is 9.90. The molecule has 0 fully saturated rings. The second kappa shape index (κ2) is 6.12. The van der Waals surface area contributed by atoms with Crippen LogP contribution in [0.1, 0.15) is 12.0 Å². The third-order valence-electron chi connectivity index (χ3n) is 2.23. The van der Waals surface area contributed by atoms with Gasteiger partial charge in [-0.1, -0.05) is 17.7 Å². The molecule has 4 heteroatoms. The molecule has 0 spiro atoms. The molecule has 1 aromatic rings. The molecule has 4 nitrogen and oxygen atoms in total. The summed E-state index contributed by atoms with van der Waals surface area (Å²) in [6.07, 6.45) is 0.304. The van der Waals surface area contributed by atoms with Gasteiger partial charge in [-0.3, -0.25) is 9.63 Å². The van der Waals surface area contributed by atoms with Gasteiger partial charge in [-0.15, -0.1) is 0 Å². The maximum absolute atomic E-state index is 11.3. The predicted molar refractivity (Wildman–Crippen MR) is 61.1 cm³/mol. The normalized spacial score (nSPS) is 9.94. The second-order valence-corrected chi connectivity index (χ2v) is 3.49. The van der Waals surface area contributed by atoms with E-state index in [1.54, 1.807) is 7.05 Å². The highest BCUT2D eigenvalue weighted by Gasteiger charge is 2.07. The number of aryl methyl sites for hydroxylation is 1. The lowest BCUT2D eigenvalue weighted by atomic mass is 10.2. The van der Waals surface area contributed by atoms with Crippen LogP contribution in [-0.2, 0) is 9.63 Å². The topological polar surface area (TPSA) is 38.8 Å². The number of rotatable bonds is 5. The molecule has 1 rings (SSSR count). The maximum atomic E-state index is 11.3. The molecule has 0 aliphatic heterocycles. The van der Waals surface area contributed by atoms with E-state index in [0.29, 0.717) is 13.0 Å². The zero-order chi connectivity index (χ0) is 12.0. The van der Waals surface area contributed by atoms with Crippen LogP contribution >= 0.6 is 0 Å². The van der Waals surface area contributed by atoms with Gasteiger partial charge in [0.05, 0.1) is 20.1 Å². The van der Waals surface area contributed by atoms with Crippen molar-refractivity contribution in [3.63, 3.8) is 0 Å². The minimum atomic E-state index is -0.102. The molecular weight excluding hydrogens is 206 g/mol. The smallest absolute Gasteiger partial charge is 0.249 e. The van der Waals surface area contributed by atoms with E-state index in [2.05, 4.69) is 0 Å². The van der Waals surface area contributed by atoms with Crippen LogP contribution in [0, 0.1) is 6.92 Å². The highest BCUT2D eigenvalue weighted by Crippen LogP contribution is 2.11. The lowest BCUT2D eigenvalue weighted by Gasteiger charge is -2.13. The molecule has 0 bridgehead atoms. The molecule has 0 aromatic heterocycles. The first-order chi connectivity index (χ1) is 7.63. The van der Waals surface area contributed by atoms with E-state index in [1.807, 2.05) is 31.2 Å². The van der Waals surface area contributed by atoms with Crippen LogP contribution in [0.25, 0.3) is 0 Å². The van der Waals surface area contributed by atoms with Crippen LogP contribution in [-0.4, -0.2) is 31.7 Å². The van der Waals surface area contributed by atoms with Gasteiger partial charge in [-0.2, -0.15) is 0 Å². The van der Waals surface area contributed by atoms with Gasteiger partial charge in [-0.25, -0.2) is 5.06 Å². The Morgan fingerprint density at radius 3 is 2.50 bits per heavy atom. The van der Waals surface area contributed by atoms with Crippen molar-refractivity contribution in [1.29, 1.82) is 0 Å². The van der Waals surface area contributed by atoms with Gasteiger partial charge < -0.3 is 4.74 Å². The largest absolute Gasteiger partial charge is 0.493 e. The van der Waals surface area contributed by atoms with Crippen molar-refractivity contribution in [3.05, 3.63) is 29.8 Å². The summed E-state index contributed by atoms with van der Waals surface area (Å²) in [5, 5.41) is 1.19. The monoisotopic (exact) mass is 223 g/mol. The number of amides is 1. The van der Waals surface area contributed by atoms with Crippen molar-refractivity contribution in [1.82, 2.24) is 5.06 Å². The molecule has 88 valence electrons. The number of hydroxylamine groups is 2. The van der Waals surface area contributed by atoms with Crippen LogP contribution in [0.5, 0.6) is 5.75 Å². The molecule has 0 heterocycles. The van der Waals surface area contributed by atoms with E-state index in [9.17, 15) is 4.79 Å². The van der Waals surface area contributed by atoms with Gasteiger partial charge in [0, 0.05) is 7.05 Å². The lowest BCUT2D eigenvalue weighted by molar-refractivity contribution is -0.169. The number of hydrogen-bond donors (Lipinski definition) is 0. The molecule has 16 heavy (non-hydrogen) atoms. The summed E-state index contributed by atoms with van der Waals surface area (Å²) in [5.74, 6) is 0.674. The fourth-order valence-electron chi connectivity index (χ4n) is 1.15. The summed E-state index contributed by atoms with van der Waals surface area (Å²) in [5.41, 5.74) is 1.18. The summed E-state index contributed by atoms with van der Waals surface area (Å²) >= 11 is 0. The molecule has 1 amide bonds. The number of hydrogen-bond acceptors (Lipinski definition) is 3. The van der Waals surface area contributed by atoms with Crippen LogP contribution < -0.4 is 4.74 Å². The van der Waals surface area contributed by atoms with Crippen LogP contribution in [0.15, 0.2) is 24.3 Å². The maximum Gasteiger partial charge on any atom is 0.249 e. The van der Waals surface area contributed by atoms with Crippen molar-refractivity contribution >= 4 is 5.91 Å². The van der Waals surface area contributed by atoms with Crippen molar-refractivity contribution in [2.45, 2.75) is 13.3 Å². The van der Waals surface area contributed by atoms with E-state index in [1.165, 1.54) is 17.7 Å². The van der Waals surface area contributed by atoms with Gasteiger partial charge in [0.1, 0.15) is 5.75 Å². The average molecular weight is 223 g/mol. The van der Waals surface area contributed by atoms with E-state index < -0.39 is 0 Å². The van der Waals surface area contributed by atoms with E-state index >= 15 is 0 Å². The second-order valence-electron chi connectivity index (χ2n) is 3.49. The van der Waals surface area contributed by atoms with Crippen molar-refractivity contribution in [3.8, 4) is 5.75 Å². The fraction of sp³-hybridized carbons (Fsp3) is 0.417. The number of ether oxygens (including phenoxy) is 1. The zero-order valence-electron chi connectivity index (χ0n) is 9.90. The summed E-state index contributed by atoms with van der Waals surface area (Å²) in [6, 6.07) is 7.72. The third kappa shape index (κ3) is 3.90. The summed E-state index contributed by atoms with van der Waals surface area (Å²) in [6.45, 7) is 2.37. The highest BCUT2D eigenvalue weighted by atomic mass is 16.7. The van der Waals surface area contributed by atoms with Gasteiger partial charge >= 0.3 is 0 Å². The van der Waals surface area contributed by atoms with Gasteiger partial charge in [0.15, 0.2) is 0 Å². The molecule has 0 N–H and O–H groups in total. The fourth-order valence-corrected chi connectivity index (χ4v) is 1.15. The first-order valence-corrected chi connectivity index (χ1v) is 5.13. The van der Waals surface area contributed by atoms with Crippen LogP contribution in [0.4, 0.5) is 0 Å². The number of nitrogens with zero attached hydrogens (tertiary/aromatic N) is 1. The predicted octanol–water partition coefficient (Wildman–Crippen LogP) is 1.78. The highest BCUT2D eigenvalue weighted by molar-refractivity contribution is 5.74. The minimum absolute atomic E-state index is 0.102. The Bertz CT molecular complexity index is 335. The van der Waals surface area contributed by atoms with Crippen LogP contribution in [0.2, 0.25) is 0 Å². The Balaban J connectivity index is 2.30. The molecule has 0 unspecified atom stereocenters. The van der Waals surface area contributed by atoms with E-state index in [0.717, 1.165) is 5.75 Å². The Labute approximate surface area is 95.7 Å². The molecular formula is C12H17NO3. The van der Waals surface area contributed by atoms with E-state index in [-0.39, 0.29) is 5.91 Å². The molecule has 0 aliphatic carbocycles. The Morgan fingerprint density at radius 2 is 1.94 bits per heavy atom. The molecule has 0 aliphatic rings. The van der Waals surface area contributed by atoms with Crippen molar-refractivity contribution in [2.24, 2.45) is 0 Å². The van der Waals surface area contributed by atoms with Gasteiger partial charge in [0.25, 0.3) is 0 Å². The molecule has 0 atom stereocenters. The first-order valence-electron chi connectivity index (χ1n) is 5.13. The SMILES string of the molecule is CON(C)C(=O)CCOc1ccc(C)cc1. The van der Waals surface area contributed by atoms with Gasteiger partial charge in [-0.05, 0) is 19.1 Å². The standard InChI is InChI=1S/C12H17NO3/c1-10-4-6-11(7-5-10)16-9-8-12(14)13(2)15-3/h4-7H,8-9H2,1-3H3. The first kappa shape index (κ1) is 12.5. The lowest BCUT2D eigenvalue weighted by Crippen LogP contribution is -2.26. The Hall–Kier alpha value is -1.55. The molecule has 0 radical (unpaired) electrons. The summed E-state index contributed by atoms with van der Waals surface area (Å²) in [4.78, 5) is 16.1. The quantitative estimate of drug-likeness (QED) is 0.714. The third-order valence-corrected chi connectivity index (χ3v) is 2.23. The molecule has 0 saturated carbocycles. The number of benzene rings is 1. The molecule has 1 aromatic carbocycles. The van der Waals surface area contributed by atoms with Crippen LogP contribution in [0.3, 0.4) is 0 Å². The molecule has 0 saturated heterocycles. The Morgan fingerprint density at radius 1 is 1.31 bits per heavy atom.